The van der Waals surface area contributed by atoms with Crippen molar-refractivity contribution in [1.29, 1.82) is 0 Å². The predicted molar refractivity (Wildman–Crippen MR) is 65.5 cm³/mol. The summed E-state index contributed by atoms with van der Waals surface area (Å²) in [4.78, 5) is 24.9. The molecular weight excluding hydrogens is 218 g/mol. The van der Waals surface area contributed by atoms with Crippen LogP contribution in [0.3, 0.4) is 0 Å². The van der Waals surface area contributed by atoms with Crippen LogP contribution in [-0.4, -0.2) is 35.5 Å². The Balaban J connectivity index is 2.70. The van der Waals surface area contributed by atoms with Crippen molar-refractivity contribution >= 4 is 11.9 Å². The van der Waals surface area contributed by atoms with Gasteiger partial charge >= 0.3 is 5.97 Å². The summed E-state index contributed by atoms with van der Waals surface area (Å²) in [6, 6.07) is 0. The van der Waals surface area contributed by atoms with Gasteiger partial charge in [0.2, 0.25) is 5.91 Å². The van der Waals surface area contributed by atoms with Crippen LogP contribution < -0.4 is 0 Å². The van der Waals surface area contributed by atoms with Crippen molar-refractivity contribution in [2.45, 2.75) is 34.6 Å². The van der Waals surface area contributed by atoms with Gasteiger partial charge in [0.25, 0.3) is 0 Å². The van der Waals surface area contributed by atoms with Crippen molar-refractivity contribution in [3.8, 4) is 0 Å². The largest absolute Gasteiger partial charge is 0.481 e. The highest BCUT2D eigenvalue weighted by molar-refractivity contribution is 5.91. The van der Waals surface area contributed by atoms with Gasteiger partial charge in [0.05, 0.1) is 11.8 Å². The minimum absolute atomic E-state index is 0.0299. The average molecular weight is 241 g/mol. The quantitative estimate of drug-likeness (QED) is 0.820. The van der Waals surface area contributed by atoms with Crippen LogP contribution in [0.15, 0.2) is 0 Å². The lowest BCUT2D eigenvalue weighted by molar-refractivity contribution is -0.142. The summed E-state index contributed by atoms with van der Waals surface area (Å²) >= 11 is 0. The molecule has 2 atom stereocenters. The predicted octanol–water partition coefficient (Wildman–Crippen LogP) is 1.85. The van der Waals surface area contributed by atoms with Crippen LogP contribution in [0.2, 0.25) is 0 Å². The number of carbonyl (C=O) groups excluding carboxylic acids is 1. The minimum atomic E-state index is -0.863. The highest BCUT2D eigenvalue weighted by Gasteiger charge is 2.66. The summed E-state index contributed by atoms with van der Waals surface area (Å²) in [5.74, 6) is -1.81. The SMILES string of the molecule is CN(CC(C)(C)C)C(=O)[C@H]1[C@@H](C(=O)O)C1(C)C. The number of nitrogens with zero attached hydrogens (tertiary/aromatic N) is 1. The van der Waals surface area contributed by atoms with E-state index in [2.05, 4.69) is 20.8 Å². The van der Waals surface area contributed by atoms with Gasteiger partial charge in [-0.15, -0.1) is 0 Å². The third-order valence-electron chi connectivity index (χ3n) is 3.45. The third-order valence-corrected chi connectivity index (χ3v) is 3.45. The van der Waals surface area contributed by atoms with E-state index in [1.807, 2.05) is 13.8 Å². The Morgan fingerprint density at radius 2 is 1.71 bits per heavy atom. The van der Waals surface area contributed by atoms with Gasteiger partial charge in [-0.2, -0.15) is 0 Å². The van der Waals surface area contributed by atoms with E-state index >= 15 is 0 Å². The van der Waals surface area contributed by atoms with Crippen LogP contribution in [0.1, 0.15) is 34.6 Å². The van der Waals surface area contributed by atoms with Crippen LogP contribution >= 0.6 is 0 Å². The van der Waals surface area contributed by atoms with Crippen molar-refractivity contribution in [2.24, 2.45) is 22.7 Å². The number of hydrogen-bond donors (Lipinski definition) is 1. The van der Waals surface area contributed by atoms with Gasteiger partial charge in [-0.05, 0) is 10.8 Å². The number of carbonyl (C=O) groups is 2. The van der Waals surface area contributed by atoms with Gasteiger partial charge in [-0.1, -0.05) is 34.6 Å². The van der Waals surface area contributed by atoms with Gasteiger partial charge in [-0.3, -0.25) is 9.59 Å². The molecule has 1 aliphatic rings. The minimum Gasteiger partial charge on any atom is -0.481 e. The first kappa shape index (κ1) is 14.0. The van der Waals surface area contributed by atoms with E-state index in [1.165, 1.54) is 0 Å². The molecule has 1 amide bonds. The van der Waals surface area contributed by atoms with Crippen molar-refractivity contribution < 1.29 is 14.7 Å². The second-order valence-corrected chi connectivity index (χ2v) is 6.87. The topological polar surface area (TPSA) is 57.6 Å². The number of carboxylic acids is 1. The number of hydrogen-bond acceptors (Lipinski definition) is 2. The van der Waals surface area contributed by atoms with Gasteiger partial charge in [0.1, 0.15) is 0 Å². The standard InChI is InChI=1S/C13H23NO3/c1-12(2,3)7-14(6)10(15)8-9(11(16)17)13(8,4)5/h8-9H,7H2,1-6H3,(H,16,17)/t8-,9+/m1/s1. The summed E-state index contributed by atoms with van der Waals surface area (Å²) in [6.07, 6.45) is 0. The lowest BCUT2D eigenvalue weighted by atomic mass is 9.96. The molecule has 0 aromatic rings. The zero-order valence-electron chi connectivity index (χ0n) is 11.6. The fourth-order valence-electron chi connectivity index (χ4n) is 2.59. The summed E-state index contributed by atoms with van der Waals surface area (Å²) in [7, 11) is 1.75. The highest BCUT2D eigenvalue weighted by atomic mass is 16.4. The van der Waals surface area contributed by atoms with Gasteiger partial charge in [0.15, 0.2) is 0 Å². The Morgan fingerprint density at radius 1 is 1.24 bits per heavy atom. The second kappa shape index (κ2) is 4.00. The molecule has 1 N–H and O–H groups in total. The molecule has 0 bridgehead atoms. The molecule has 0 aliphatic heterocycles. The Labute approximate surface area is 103 Å². The van der Waals surface area contributed by atoms with Crippen molar-refractivity contribution in [1.82, 2.24) is 4.90 Å². The molecule has 98 valence electrons. The molecule has 0 spiro atoms. The van der Waals surface area contributed by atoms with Gasteiger partial charge in [-0.25, -0.2) is 0 Å². The lowest BCUT2D eigenvalue weighted by Gasteiger charge is -2.27. The highest BCUT2D eigenvalue weighted by Crippen LogP contribution is 2.59. The molecule has 0 aromatic heterocycles. The zero-order valence-corrected chi connectivity index (χ0v) is 11.6. The zero-order chi connectivity index (χ0) is 13.6. The van der Waals surface area contributed by atoms with E-state index in [0.717, 1.165) is 0 Å². The number of carboxylic acid groups (broad SMARTS) is 1. The first-order valence-corrected chi connectivity index (χ1v) is 5.96. The van der Waals surface area contributed by atoms with Crippen LogP contribution in [0, 0.1) is 22.7 Å². The Hall–Kier alpha value is -1.06. The molecule has 0 unspecified atom stereocenters. The molecule has 1 fully saturated rings. The first-order valence-electron chi connectivity index (χ1n) is 5.96. The third kappa shape index (κ3) is 2.79. The van der Waals surface area contributed by atoms with Crippen LogP contribution in [-0.2, 0) is 9.59 Å². The van der Waals surface area contributed by atoms with E-state index in [0.29, 0.717) is 6.54 Å². The molecule has 4 nitrogen and oxygen atoms in total. The fraction of sp³-hybridized carbons (Fsp3) is 0.846. The van der Waals surface area contributed by atoms with Crippen molar-refractivity contribution in [2.75, 3.05) is 13.6 Å². The monoisotopic (exact) mass is 241 g/mol. The molecule has 1 saturated carbocycles. The Kier molecular flexibility index (Phi) is 3.29. The molecule has 4 heteroatoms. The maximum Gasteiger partial charge on any atom is 0.307 e. The molecule has 0 heterocycles. The first-order chi connectivity index (χ1) is 7.48. The molecular formula is C13H23NO3. The van der Waals surface area contributed by atoms with Crippen LogP contribution in [0.4, 0.5) is 0 Å². The van der Waals surface area contributed by atoms with Crippen LogP contribution in [0.25, 0.3) is 0 Å². The normalized spacial score (nSPS) is 26.5. The summed E-state index contributed by atoms with van der Waals surface area (Å²) < 4.78 is 0. The summed E-state index contributed by atoms with van der Waals surface area (Å²) in [5, 5.41) is 9.05. The molecule has 0 saturated heterocycles. The number of amides is 1. The Morgan fingerprint density at radius 3 is 2.00 bits per heavy atom. The lowest BCUT2D eigenvalue weighted by Crippen LogP contribution is -2.36. The number of aliphatic carboxylic acids is 1. The summed E-state index contributed by atoms with van der Waals surface area (Å²) in [6.45, 7) is 10.5. The maximum absolute atomic E-state index is 12.2. The van der Waals surface area contributed by atoms with Crippen molar-refractivity contribution in [3.63, 3.8) is 0 Å². The van der Waals surface area contributed by atoms with Gasteiger partial charge < -0.3 is 10.0 Å². The molecule has 1 rings (SSSR count). The van der Waals surface area contributed by atoms with E-state index in [-0.39, 0.29) is 17.2 Å². The van der Waals surface area contributed by atoms with E-state index in [4.69, 9.17) is 5.11 Å². The van der Waals surface area contributed by atoms with E-state index < -0.39 is 17.3 Å². The molecule has 1 aliphatic carbocycles. The van der Waals surface area contributed by atoms with Crippen LogP contribution in [0.5, 0.6) is 0 Å². The van der Waals surface area contributed by atoms with E-state index in [9.17, 15) is 9.59 Å². The molecule has 0 radical (unpaired) electrons. The van der Waals surface area contributed by atoms with E-state index in [1.54, 1.807) is 11.9 Å². The number of rotatable bonds is 3. The Bertz CT molecular complexity index is 341. The maximum atomic E-state index is 12.2. The van der Waals surface area contributed by atoms with Gasteiger partial charge in [0, 0.05) is 13.6 Å². The average Bonchev–Trinajstić information content (AvgIpc) is 2.64. The smallest absolute Gasteiger partial charge is 0.307 e. The summed E-state index contributed by atoms with van der Waals surface area (Å²) in [5.41, 5.74) is -0.378. The second-order valence-electron chi connectivity index (χ2n) is 6.87. The molecule has 0 aromatic carbocycles. The van der Waals surface area contributed by atoms with Crippen molar-refractivity contribution in [3.05, 3.63) is 0 Å². The fourth-order valence-corrected chi connectivity index (χ4v) is 2.59. The molecule has 17 heavy (non-hydrogen) atoms.